The van der Waals surface area contributed by atoms with Gasteiger partial charge in [-0.25, -0.2) is 8.42 Å². The lowest BCUT2D eigenvalue weighted by molar-refractivity contribution is 0.0940. The van der Waals surface area contributed by atoms with Crippen molar-refractivity contribution in [1.82, 2.24) is 5.32 Å². The maximum Gasteiger partial charge on any atom is 0.261 e. The molecule has 5 nitrogen and oxygen atoms in total. The molecule has 0 aliphatic carbocycles. The van der Waals surface area contributed by atoms with Crippen molar-refractivity contribution in [1.29, 1.82) is 0 Å². The molecule has 1 amide bonds. The van der Waals surface area contributed by atoms with E-state index in [0.717, 1.165) is 5.56 Å². The normalized spacial score (nSPS) is 12.2. The lowest BCUT2D eigenvalue weighted by Gasteiger charge is -2.16. The minimum atomic E-state index is -3.80. The van der Waals surface area contributed by atoms with Crippen LogP contribution in [0.4, 0.5) is 5.69 Å². The quantitative estimate of drug-likeness (QED) is 0.583. The number of nitrogens with one attached hydrogen (secondary N) is 2. The predicted octanol–water partition coefficient (Wildman–Crippen LogP) is 4.94. The molecule has 0 aliphatic rings. The maximum atomic E-state index is 12.7. The molecule has 3 aromatic rings. The summed E-state index contributed by atoms with van der Waals surface area (Å²) >= 11 is 5.83. The van der Waals surface area contributed by atoms with Crippen LogP contribution >= 0.6 is 11.6 Å². The third-order valence-corrected chi connectivity index (χ3v) is 6.15. The minimum Gasteiger partial charge on any atom is -0.346 e. The molecule has 0 heterocycles. The highest BCUT2D eigenvalue weighted by atomic mass is 35.5. The lowest BCUT2D eigenvalue weighted by atomic mass is 10.1. The molecule has 2 N–H and O–H groups in total. The molecular weight excluding hydrogens is 408 g/mol. The average molecular weight is 429 g/mol. The number of carbonyl (C=O) groups is 1. The Labute approximate surface area is 175 Å². The van der Waals surface area contributed by atoms with Gasteiger partial charge in [0.25, 0.3) is 15.9 Å². The van der Waals surface area contributed by atoms with E-state index in [1.807, 2.05) is 37.3 Å². The van der Waals surface area contributed by atoms with E-state index in [0.29, 0.717) is 21.8 Å². The summed E-state index contributed by atoms with van der Waals surface area (Å²) in [5, 5.41) is 3.38. The van der Waals surface area contributed by atoms with Crippen LogP contribution in [0.1, 0.15) is 34.5 Å². The summed E-state index contributed by atoms with van der Waals surface area (Å²) in [7, 11) is -3.80. The number of hydrogen-bond donors (Lipinski definition) is 2. The second-order valence-corrected chi connectivity index (χ2v) is 8.81. The number of sulfonamides is 1. The van der Waals surface area contributed by atoms with E-state index in [-0.39, 0.29) is 16.8 Å². The van der Waals surface area contributed by atoms with Crippen molar-refractivity contribution in [2.75, 3.05) is 4.72 Å². The van der Waals surface area contributed by atoms with Gasteiger partial charge in [-0.15, -0.1) is 0 Å². The Balaban J connectivity index is 1.80. The number of hydrogen-bond acceptors (Lipinski definition) is 3. The zero-order valence-electron chi connectivity index (χ0n) is 16.0. The van der Waals surface area contributed by atoms with Gasteiger partial charge in [0.05, 0.1) is 16.6 Å². The first-order valence-electron chi connectivity index (χ1n) is 9.01. The largest absolute Gasteiger partial charge is 0.346 e. The first-order valence-corrected chi connectivity index (χ1v) is 10.9. The standard InChI is InChI=1S/C22H21ClN2O3S/c1-15-8-9-18(22(26)24-16(2)17-6-4-3-5-7-17)14-21(15)25-29(27,28)20-12-10-19(23)11-13-20/h3-14,16,25H,1-2H3,(H,24,26)/t16-/m0/s1. The van der Waals surface area contributed by atoms with Crippen molar-refractivity contribution in [2.45, 2.75) is 24.8 Å². The maximum absolute atomic E-state index is 12.7. The molecule has 0 aliphatic heterocycles. The Bertz CT molecular complexity index is 1110. The topological polar surface area (TPSA) is 75.3 Å². The van der Waals surface area contributed by atoms with Gasteiger partial charge in [-0.2, -0.15) is 0 Å². The average Bonchev–Trinajstić information content (AvgIpc) is 2.70. The fourth-order valence-corrected chi connectivity index (χ4v) is 4.04. The first-order chi connectivity index (χ1) is 13.8. The van der Waals surface area contributed by atoms with E-state index < -0.39 is 10.0 Å². The third-order valence-electron chi connectivity index (χ3n) is 4.52. The summed E-state index contributed by atoms with van der Waals surface area (Å²) in [5.74, 6) is -0.284. The van der Waals surface area contributed by atoms with Crippen LogP contribution in [0.15, 0.2) is 77.7 Å². The minimum absolute atomic E-state index is 0.0915. The van der Waals surface area contributed by atoms with Gasteiger partial charge >= 0.3 is 0 Å². The number of halogens is 1. The van der Waals surface area contributed by atoms with Crippen molar-refractivity contribution >= 4 is 33.2 Å². The lowest BCUT2D eigenvalue weighted by Crippen LogP contribution is -2.26. The predicted molar refractivity (Wildman–Crippen MR) is 116 cm³/mol. The SMILES string of the molecule is Cc1ccc(C(=O)N[C@@H](C)c2ccccc2)cc1NS(=O)(=O)c1ccc(Cl)cc1. The van der Waals surface area contributed by atoms with E-state index in [9.17, 15) is 13.2 Å². The highest BCUT2D eigenvalue weighted by molar-refractivity contribution is 7.92. The number of amides is 1. The van der Waals surface area contributed by atoms with E-state index in [4.69, 9.17) is 11.6 Å². The Hall–Kier alpha value is -2.83. The van der Waals surface area contributed by atoms with Crippen molar-refractivity contribution in [3.05, 3.63) is 94.5 Å². The van der Waals surface area contributed by atoms with Gasteiger partial charge in [-0.1, -0.05) is 48.0 Å². The molecule has 0 radical (unpaired) electrons. The highest BCUT2D eigenvalue weighted by Crippen LogP contribution is 2.23. The summed E-state index contributed by atoms with van der Waals surface area (Å²) in [6.45, 7) is 3.67. The summed E-state index contributed by atoms with van der Waals surface area (Å²) in [6.07, 6.45) is 0. The van der Waals surface area contributed by atoms with Crippen molar-refractivity contribution in [2.24, 2.45) is 0 Å². The van der Waals surface area contributed by atoms with Gasteiger partial charge in [0.2, 0.25) is 0 Å². The zero-order valence-corrected chi connectivity index (χ0v) is 17.6. The number of benzene rings is 3. The van der Waals surface area contributed by atoms with Gasteiger partial charge in [-0.05, 0) is 61.4 Å². The molecule has 0 spiro atoms. The van der Waals surface area contributed by atoms with Crippen LogP contribution in [0.25, 0.3) is 0 Å². The van der Waals surface area contributed by atoms with Crippen LogP contribution in [0.5, 0.6) is 0 Å². The molecule has 0 unspecified atom stereocenters. The van der Waals surface area contributed by atoms with E-state index >= 15 is 0 Å². The Kier molecular flexibility index (Phi) is 6.25. The molecule has 7 heteroatoms. The van der Waals surface area contributed by atoms with Gasteiger partial charge in [0.1, 0.15) is 0 Å². The number of aryl methyl sites for hydroxylation is 1. The Morgan fingerprint density at radius 3 is 2.28 bits per heavy atom. The Morgan fingerprint density at radius 2 is 1.62 bits per heavy atom. The van der Waals surface area contributed by atoms with Crippen LogP contribution in [-0.4, -0.2) is 14.3 Å². The van der Waals surface area contributed by atoms with Crippen LogP contribution in [0.2, 0.25) is 5.02 Å². The third kappa shape index (κ3) is 5.16. The smallest absolute Gasteiger partial charge is 0.261 e. The van der Waals surface area contributed by atoms with Gasteiger partial charge in [-0.3, -0.25) is 9.52 Å². The van der Waals surface area contributed by atoms with Gasteiger partial charge < -0.3 is 5.32 Å². The van der Waals surface area contributed by atoms with Crippen LogP contribution in [0.3, 0.4) is 0 Å². The summed E-state index contributed by atoms with van der Waals surface area (Å²) in [5.41, 5.74) is 2.40. The molecule has 29 heavy (non-hydrogen) atoms. The summed E-state index contributed by atoms with van der Waals surface area (Å²) < 4.78 is 27.9. The molecule has 3 aromatic carbocycles. The molecule has 0 aromatic heterocycles. The van der Waals surface area contributed by atoms with E-state index in [2.05, 4.69) is 10.0 Å². The second-order valence-electron chi connectivity index (χ2n) is 6.69. The molecule has 150 valence electrons. The highest BCUT2D eigenvalue weighted by Gasteiger charge is 2.17. The zero-order chi connectivity index (χ0) is 21.0. The molecule has 0 fully saturated rings. The van der Waals surface area contributed by atoms with Crippen molar-refractivity contribution < 1.29 is 13.2 Å². The van der Waals surface area contributed by atoms with Crippen LogP contribution in [0, 0.1) is 6.92 Å². The summed E-state index contributed by atoms with van der Waals surface area (Å²) in [6, 6.07) is 20.2. The molecule has 0 saturated carbocycles. The number of anilines is 1. The second kappa shape index (κ2) is 8.68. The Morgan fingerprint density at radius 1 is 0.966 bits per heavy atom. The van der Waals surface area contributed by atoms with Crippen molar-refractivity contribution in [3.63, 3.8) is 0 Å². The molecule has 0 bridgehead atoms. The first kappa shape index (κ1) is 20.9. The fourth-order valence-electron chi connectivity index (χ4n) is 2.80. The van der Waals surface area contributed by atoms with Gasteiger partial charge in [0.15, 0.2) is 0 Å². The molecular formula is C22H21ClN2O3S. The van der Waals surface area contributed by atoms with E-state index in [1.54, 1.807) is 19.1 Å². The monoisotopic (exact) mass is 428 g/mol. The summed E-state index contributed by atoms with van der Waals surface area (Å²) in [4.78, 5) is 12.8. The van der Waals surface area contributed by atoms with Gasteiger partial charge in [0, 0.05) is 10.6 Å². The molecule has 0 saturated heterocycles. The number of rotatable bonds is 6. The van der Waals surface area contributed by atoms with Crippen LogP contribution < -0.4 is 10.0 Å². The van der Waals surface area contributed by atoms with Crippen LogP contribution in [-0.2, 0) is 10.0 Å². The molecule has 1 atom stereocenters. The van der Waals surface area contributed by atoms with Crippen molar-refractivity contribution in [3.8, 4) is 0 Å². The fraction of sp³-hybridized carbons (Fsp3) is 0.136. The van der Waals surface area contributed by atoms with E-state index in [1.165, 1.54) is 30.3 Å². The number of carbonyl (C=O) groups excluding carboxylic acids is 1. The molecule has 3 rings (SSSR count).